The first-order chi connectivity index (χ1) is 12.8. The minimum absolute atomic E-state index is 0.0352. The van der Waals surface area contributed by atoms with Crippen molar-refractivity contribution in [2.24, 2.45) is 18.0 Å². The summed E-state index contributed by atoms with van der Waals surface area (Å²) in [5.41, 5.74) is 1.11. The summed E-state index contributed by atoms with van der Waals surface area (Å²) in [4.78, 5) is 6.67. The highest BCUT2D eigenvalue weighted by atomic mass is 16.5. The monoisotopic (exact) mass is 365 g/mol. The molecule has 3 heterocycles. The van der Waals surface area contributed by atoms with Crippen molar-refractivity contribution in [1.82, 2.24) is 20.0 Å². The number of aryl methyl sites for hydroxylation is 1. The number of rotatable bonds is 7. The normalized spacial score (nSPS) is 24.2. The molecule has 2 atom stereocenters. The van der Waals surface area contributed by atoms with Crippen LogP contribution >= 0.6 is 0 Å². The molecule has 2 unspecified atom stereocenters. The highest BCUT2D eigenvalue weighted by Gasteiger charge is 2.25. The van der Waals surface area contributed by atoms with Gasteiger partial charge in [-0.25, -0.2) is 0 Å². The minimum atomic E-state index is 0.0352. The standard InChI is InChI=1S/C18H31N5O3/c1-19-18(20-5-3-7-24-13-15-4-8-25-14-15)23-6-9-26-17(12-23)16-10-21-22(2)11-16/h10-11,15,17H,3-9,12-14H2,1-2H3,(H,19,20). The summed E-state index contributed by atoms with van der Waals surface area (Å²) < 4.78 is 18.8. The SMILES string of the molecule is CN=C(NCCCOCC1CCOC1)N1CCOC(c2cnn(C)c2)C1. The van der Waals surface area contributed by atoms with E-state index in [2.05, 4.69) is 20.3 Å². The largest absolute Gasteiger partial charge is 0.381 e. The molecule has 3 rings (SSSR count). The summed E-state index contributed by atoms with van der Waals surface area (Å²) in [5.74, 6) is 1.50. The molecule has 2 fully saturated rings. The van der Waals surface area contributed by atoms with Crippen LogP contribution in [0.3, 0.4) is 0 Å². The van der Waals surface area contributed by atoms with Gasteiger partial charge in [0.25, 0.3) is 0 Å². The average Bonchev–Trinajstić information content (AvgIpc) is 3.33. The smallest absolute Gasteiger partial charge is 0.193 e. The Morgan fingerprint density at radius 3 is 3.12 bits per heavy atom. The summed E-state index contributed by atoms with van der Waals surface area (Å²) >= 11 is 0. The molecule has 1 aromatic heterocycles. The number of nitrogens with zero attached hydrogens (tertiary/aromatic N) is 4. The number of morpholine rings is 1. The number of aliphatic imine (C=N–C) groups is 1. The van der Waals surface area contributed by atoms with Gasteiger partial charge >= 0.3 is 0 Å². The fourth-order valence-corrected chi connectivity index (χ4v) is 3.32. The van der Waals surface area contributed by atoms with Crippen molar-refractivity contribution in [1.29, 1.82) is 0 Å². The van der Waals surface area contributed by atoms with Crippen LogP contribution in [-0.2, 0) is 21.3 Å². The van der Waals surface area contributed by atoms with E-state index in [4.69, 9.17) is 14.2 Å². The molecular weight excluding hydrogens is 334 g/mol. The maximum atomic E-state index is 5.90. The van der Waals surface area contributed by atoms with Gasteiger partial charge in [0, 0.05) is 58.1 Å². The van der Waals surface area contributed by atoms with Crippen LogP contribution in [0.2, 0.25) is 0 Å². The van der Waals surface area contributed by atoms with Crippen molar-refractivity contribution in [3.8, 4) is 0 Å². The Morgan fingerprint density at radius 1 is 1.46 bits per heavy atom. The number of guanidine groups is 1. The highest BCUT2D eigenvalue weighted by Crippen LogP contribution is 2.21. The van der Waals surface area contributed by atoms with Gasteiger partial charge in [-0.15, -0.1) is 0 Å². The first kappa shape index (κ1) is 19.1. The van der Waals surface area contributed by atoms with Crippen molar-refractivity contribution < 1.29 is 14.2 Å². The molecule has 1 N–H and O–H groups in total. The van der Waals surface area contributed by atoms with E-state index in [1.165, 1.54) is 0 Å². The van der Waals surface area contributed by atoms with Crippen LogP contribution in [0, 0.1) is 5.92 Å². The second-order valence-electron chi connectivity index (χ2n) is 6.88. The van der Waals surface area contributed by atoms with Gasteiger partial charge in [0.15, 0.2) is 5.96 Å². The zero-order valence-corrected chi connectivity index (χ0v) is 15.9. The van der Waals surface area contributed by atoms with Crippen molar-refractivity contribution in [2.75, 3.05) is 59.7 Å². The zero-order valence-electron chi connectivity index (χ0n) is 15.9. The topological polar surface area (TPSA) is 73.1 Å². The molecule has 26 heavy (non-hydrogen) atoms. The predicted molar refractivity (Wildman–Crippen MR) is 99.2 cm³/mol. The summed E-state index contributed by atoms with van der Waals surface area (Å²) in [6, 6.07) is 0. The zero-order chi connectivity index (χ0) is 18.2. The average molecular weight is 365 g/mol. The molecular formula is C18H31N5O3. The Balaban J connectivity index is 1.36. The lowest BCUT2D eigenvalue weighted by molar-refractivity contribution is -0.00806. The molecule has 0 aromatic carbocycles. The fourth-order valence-electron chi connectivity index (χ4n) is 3.32. The maximum Gasteiger partial charge on any atom is 0.193 e. The molecule has 1 aromatic rings. The second kappa shape index (κ2) is 9.89. The quantitative estimate of drug-likeness (QED) is 0.438. The summed E-state index contributed by atoms with van der Waals surface area (Å²) in [6.45, 7) is 6.46. The van der Waals surface area contributed by atoms with Gasteiger partial charge in [0.05, 0.1) is 32.6 Å². The van der Waals surface area contributed by atoms with Gasteiger partial charge in [-0.3, -0.25) is 9.67 Å². The van der Waals surface area contributed by atoms with Crippen LogP contribution in [0.1, 0.15) is 24.5 Å². The predicted octanol–water partition coefficient (Wildman–Crippen LogP) is 0.812. The minimum Gasteiger partial charge on any atom is -0.381 e. The third-order valence-electron chi connectivity index (χ3n) is 4.80. The Hall–Kier alpha value is -1.64. The van der Waals surface area contributed by atoms with E-state index >= 15 is 0 Å². The van der Waals surface area contributed by atoms with Crippen LogP contribution < -0.4 is 5.32 Å². The second-order valence-corrected chi connectivity index (χ2v) is 6.88. The number of hydrogen-bond donors (Lipinski definition) is 1. The molecule has 0 spiro atoms. The first-order valence-electron chi connectivity index (χ1n) is 9.47. The van der Waals surface area contributed by atoms with Gasteiger partial charge in [-0.2, -0.15) is 5.10 Å². The van der Waals surface area contributed by atoms with E-state index in [0.29, 0.717) is 12.5 Å². The van der Waals surface area contributed by atoms with E-state index in [-0.39, 0.29) is 6.10 Å². The van der Waals surface area contributed by atoms with Crippen LogP contribution in [0.5, 0.6) is 0 Å². The Morgan fingerprint density at radius 2 is 2.38 bits per heavy atom. The molecule has 0 saturated carbocycles. The highest BCUT2D eigenvalue weighted by molar-refractivity contribution is 5.80. The van der Waals surface area contributed by atoms with Crippen molar-refractivity contribution in [3.05, 3.63) is 18.0 Å². The van der Waals surface area contributed by atoms with E-state index in [0.717, 1.165) is 70.4 Å². The lowest BCUT2D eigenvalue weighted by Crippen LogP contribution is -2.48. The Labute approximate surface area is 155 Å². The van der Waals surface area contributed by atoms with Crippen molar-refractivity contribution >= 4 is 5.96 Å². The molecule has 146 valence electrons. The summed E-state index contributed by atoms with van der Waals surface area (Å²) in [7, 11) is 3.75. The van der Waals surface area contributed by atoms with E-state index in [9.17, 15) is 0 Å². The number of hydrogen-bond acceptors (Lipinski definition) is 5. The lowest BCUT2D eigenvalue weighted by atomic mass is 10.1. The van der Waals surface area contributed by atoms with Crippen LogP contribution in [0.25, 0.3) is 0 Å². The number of nitrogens with one attached hydrogen (secondary N) is 1. The number of aromatic nitrogens is 2. The molecule has 0 aliphatic carbocycles. The molecule has 8 nitrogen and oxygen atoms in total. The Kier molecular flexibility index (Phi) is 7.28. The van der Waals surface area contributed by atoms with Gasteiger partial charge < -0.3 is 24.4 Å². The maximum absolute atomic E-state index is 5.90. The van der Waals surface area contributed by atoms with Gasteiger partial charge in [0.1, 0.15) is 6.10 Å². The Bertz CT molecular complexity index is 571. The summed E-state index contributed by atoms with van der Waals surface area (Å²) in [5, 5.41) is 7.68. The van der Waals surface area contributed by atoms with Crippen LogP contribution in [0.4, 0.5) is 0 Å². The first-order valence-corrected chi connectivity index (χ1v) is 9.47. The van der Waals surface area contributed by atoms with Crippen molar-refractivity contribution in [3.63, 3.8) is 0 Å². The van der Waals surface area contributed by atoms with Gasteiger partial charge in [0.2, 0.25) is 0 Å². The molecule has 0 amide bonds. The van der Waals surface area contributed by atoms with E-state index in [1.54, 1.807) is 0 Å². The fraction of sp³-hybridized carbons (Fsp3) is 0.778. The van der Waals surface area contributed by atoms with Gasteiger partial charge in [-0.05, 0) is 12.8 Å². The molecule has 2 aliphatic heterocycles. The summed E-state index contributed by atoms with van der Waals surface area (Å²) in [6.07, 6.45) is 6.00. The number of ether oxygens (including phenoxy) is 3. The van der Waals surface area contributed by atoms with Gasteiger partial charge in [-0.1, -0.05) is 0 Å². The molecule has 8 heteroatoms. The third kappa shape index (κ3) is 5.43. The lowest BCUT2D eigenvalue weighted by Gasteiger charge is -2.34. The molecule has 2 saturated heterocycles. The third-order valence-corrected chi connectivity index (χ3v) is 4.80. The molecule has 0 bridgehead atoms. The van der Waals surface area contributed by atoms with Crippen LogP contribution in [-0.4, -0.2) is 80.4 Å². The molecule has 0 radical (unpaired) electrons. The van der Waals surface area contributed by atoms with Crippen LogP contribution in [0.15, 0.2) is 17.4 Å². The van der Waals surface area contributed by atoms with Crippen molar-refractivity contribution in [2.45, 2.75) is 18.9 Å². The van der Waals surface area contributed by atoms with E-state index in [1.807, 2.05) is 31.2 Å². The molecule has 2 aliphatic rings. The van der Waals surface area contributed by atoms with E-state index < -0.39 is 0 Å².